The molecular formula is C15H13BrF2N4O2. The highest BCUT2D eigenvalue weighted by Crippen LogP contribution is 2.35. The number of amides is 1. The fourth-order valence-electron chi connectivity index (χ4n) is 2.96. The van der Waals surface area contributed by atoms with Crippen LogP contribution in [0.4, 0.5) is 25.1 Å². The molecule has 1 atom stereocenters. The van der Waals surface area contributed by atoms with Crippen LogP contribution in [0.1, 0.15) is 0 Å². The Morgan fingerprint density at radius 2 is 2.25 bits per heavy atom. The number of anilines is 2. The number of rotatable bonds is 2. The smallest absolute Gasteiger partial charge is 0.416 e. The molecule has 126 valence electrons. The molecule has 6 nitrogen and oxygen atoms in total. The van der Waals surface area contributed by atoms with E-state index in [-0.39, 0.29) is 12.4 Å². The van der Waals surface area contributed by atoms with Gasteiger partial charge in [-0.05, 0) is 18.2 Å². The summed E-state index contributed by atoms with van der Waals surface area (Å²) in [5, 5.41) is 3.31. The summed E-state index contributed by atoms with van der Waals surface area (Å²) in [5.74, 6) is 0.818. The average Bonchev–Trinajstić information content (AvgIpc) is 3.07. The van der Waals surface area contributed by atoms with E-state index in [9.17, 15) is 13.6 Å². The van der Waals surface area contributed by atoms with Crippen LogP contribution in [0.3, 0.4) is 0 Å². The van der Waals surface area contributed by atoms with Crippen molar-refractivity contribution in [2.24, 2.45) is 0 Å². The Balaban J connectivity index is 1.79. The van der Waals surface area contributed by atoms with Crippen LogP contribution < -0.4 is 10.2 Å². The highest BCUT2D eigenvalue weighted by Gasteiger charge is 2.41. The second-order valence-electron chi connectivity index (χ2n) is 5.58. The number of nitrogens with zero attached hydrogens (tertiary/aromatic N) is 3. The fraction of sp³-hybridized carbons (Fsp3) is 0.333. The number of nitrogens with one attached hydrogen (secondary N) is 1. The molecule has 9 heteroatoms. The van der Waals surface area contributed by atoms with Crippen LogP contribution in [0, 0.1) is 0 Å². The van der Waals surface area contributed by atoms with Gasteiger partial charge in [0.2, 0.25) is 0 Å². The molecule has 1 aromatic carbocycles. The van der Waals surface area contributed by atoms with Gasteiger partial charge in [0.05, 0.1) is 0 Å². The Bertz CT molecular complexity index is 811. The summed E-state index contributed by atoms with van der Waals surface area (Å²) >= 11 is 3.43. The molecule has 2 aliphatic heterocycles. The predicted octanol–water partition coefficient (Wildman–Crippen LogP) is 3.33. The molecule has 1 fully saturated rings. The standard InChI is InChI=1S/C15H13BrF2N4O2/c16-8-1-2-9-10(5-8)19-3-4-21-6-12(20-14(9)21)22-11(13(17)18)7-24-15(22)23/h1-2,5-6,11,13,19H,3-4,7H2. The molecule has 4 rings (SSSR count). The molecule has 1 N–H and O–H groups in total. The zero-order chi connectivity index (χ0) is 16.8. The van der Waals surface area contributed by atoms with Crippen molar-refractivity contribution >= 4 is 33.5 Å². The van der Waals surface area contributed by atoms with Gasteiger partial charge in [-0.15, -0.1) is 0 Å². The molecule has 3 heterocycles. The summed E-state index contributed by atoms with van der Waals surface area (Å²) in [6.07, 6.45) is -1.86. The molecule has 0 bridgehead atoms. The van der Waals surface area contributed by atoms with Crippen molar-refractivity contribution in [3.8, 4) is 11.4 Å². The first kappa shape index (κ1) is 15.4. The van der Waals surface area contributed by atoms with E-state index in [1.807, 2.05) is 22.8 Å². The Kier molecular flexibility index (Phi) is 3.67. The van der Waals surface area contributed by atoms with Gasteiger partial charge in [-0.25, -0.2) is 23.5 Å². The van der Waals surface area contributed by atoms with E-state index in [2.05, 4.69) is 26.2 Å². The third kappa shape index (κ3) is 2.43. The van der Waals surface area contributed by atoms with Gasteiger partial charge in [0.1, 0.15) is 18.5 Å². The minimum atomic E-state index is -2.69. The molecule has 2 aromatic rings. The third-order valence-electron chi connectivity index (χ3n) is 4.10. The largest absolute Gasteiger partial charge is 0.447 e. The van der Waals surface area contributed by atoms with Crippen molar-refractivity contribution in [2.75, 3.05) is 23.4 Å². The van der Waals surface area contributed by atoms with E-state index < -0.39 is 18.6 Å². The monoisotopic (exact) mass is 398 g/mol. The number of hydrogen-bond donors (Lipinski definition) is 1. The van der Waals surface area contributed by atoms with Crippen LogP contribution in [0.5, 0.6) is 0 Å². The topological polar surface area (TPSA) is 59.4 Å². The molecular weight excluding hydrogens is 386 g/mol. The van der Waals surface area contributed by atoms with Crippen molar-refractivity contribution in [2.45, 2.75) is 19.0 Å². The minimum Gasteiger partial charge on any atom is -0.447 e. The lowest BCUT2D eigenvalue weighted by Gasteiger charge is -2.17. The predicted molar refractivity (Wildman–Crippen MR) is 87.5 cm³/mol. The number of ether oxygens (including phenoxy) is 1. The van der Waals surface area contributed by atoms with Crippen LogP contribution >= 0.6 is 15.9 Å². The second kappa shape index (κ2) is 5.73. The number of alkyl halides is 2. The van der Waals surface area contributed by atoms with Crippen LogP contribution in [-0.4, -0.2) is 41.3 Å². The maximum absolute atomic E-state index is 13.2. The second-order valence-corrected chi connectivity index (χ2v) is 6.50. The van der Waals surface area contributed by atoms with E-state index in [0.717, 1.165) is 20.6 Å². The van der Waals surface area contributed by atoms with Crippen molar-refractivity contribution in [1.82, 2.24) is 9.55 Å². The molecule has 0 aliphatic carbocycles. The maximum Gasteiger partial charge on any atom is 0.416 e. The molecule has 0 saturated carbocycles. The Morgan fingerprint density at radius 3 is 3.04 bits per heavy atom. The first-order chi connectivity index (χ1) is 11.5. The normalized spacial score (nSPS) is 19.6. The van der Waals surface area contributed by atoms with E-state index in [1.165, 1.54) is 0 Å². The molecule has 1 unspecified atom stereocenters. The van der Waals surface area contributed by atoms with Crippen LogP contribution in [0.25, 0.3) is 11.4 Å². The van der Waals surface area contributed by atoms with Gasteiger partial charge in [0.15, 0.2) is 5.82 Å². The Labute approximate surface area is 144 Å². The molecule has 0 radical (unpaired) electrons. The minimum absolute atomic E-state index is 0.188. The molecule has 24 heavy (non-hydrogen) atoms. The number of benzene rings is 1. The van der Waals surface area contributed by atoms with Gasteiger partial charge in [0, 0.05) is 35.0 Å². The van der Waals surface area contributed by atoms with Gasteiger partial charge >= 0.3 is 6.09 Å². The van der Waals surface area contributed by atoms with Crippen molar-refractivity contribution < 1.29 is 18.3 Å². The van der Waals surface area contributed by atoms with Crippen molar-refractivity contribution in [1.29, 1.82) is 0 Å². The van der Waals surface area contributed by atoms with Crippen LogP contribution in [0.2, 0.25) is 0 Å². The van der Waals surface area contributed by atoms with Gasteiger partial charge in [0.25, 0.3) is 6.43 Å². The molecule has 1 saturated heterocycles. The van der Waals surface area contributed by atoms with Gasteiger partial charge in [-0.3, -0.25) is 0 Å². The SMILES string of the molecule is O=C1OCC(C(F)F)N1c1cn2c(n1)-c1ccc(Br)cc1NCC2. The molecule has 0 spiro atoms. The molecule has 1 aromatic heterocycles. The highest BCUT2D eigenvalue weighted by atomic mass is 79.9. The summed E-state index contributed by atoms with van der Waals surface area (Å²) < 4.78 is 33.9. The highest BCUT2D eigenvalue weighted by molar-refractivity contribution is 9.10. The molecule has 2 aliphatic rings. The quantitative estimate of drug-likeness (QED) is 0.842. The molecule has 1 amide bonds. The first-order valence-corrected chi connectivity index (χ1v) is 8.19. The zero-order valence-corrected chi connectivity index (χ0v) is 14.0. The Hall–Kier alpha value is -2.16. The first-order valence-electron chi connectivity index (χ1n) is 7.39. The maximum atomic E-state index is 13.2. The third-order valence-corrected chi connectivity index (χ3v) is 4.59. The van der Waals surface area contributed by atoms with E-state index in [4.69, 9.17) is 4.74 Å². The van der Waals surface area contributed by atoms with E-state index in [0.29, 0.717) is 18.9 Å². The summed E-state index contributed by atoms with van der Waals surface area (Å²) in [7, 11) is 0. The lowest BCUT2D eigenvalue weighted by atomic mass is 10.1. The van der Waals surface area contributed by atoms with Gasteiger partial charge in [-0.1, -0.05) is 15.9 Å². The van der Waals surface area contributed by atoms with E-state index >= 15 is 0 Å². The average molecular weight is 399 g/mol. The zero-order valence-electron chi connectivity index (χ0n) is 12.4. The van der Waals surface area contributed by atoms with Gasteiger partial charge in [-0.2, -0.15) is 0 Å². The summed E-state index contributed by atoms with van der Waals surface area (Å²) in [5.41, 5.74) is 1.75. The summed E-state index contributed by atoms with van der Waals surface area (Å²) in [4.78, 5) is 17.3. The number of imidazole rings is 1. The fourth-order valence-corrected chi connectivity index (χ4v) is 3.32. The number of hydrogen-bond acceptors (Lipinski definition) is 4. The lowest BCUT2D eigenvalue weighted by Crippen LogP contribution is -2.38. The van der Waals surface area contributed by atoms with Crippen LogP contribution in [-0.2, 0) is 11.3 Å². The van der Waals surface area contributed by atoms with Crippen LogP contribution in [0.15, 0.2) is 28.9 Å². The number of cyclic esters (lactones) is 1. The summed E-state index contributed by atoms with van der Waals surface area (Å²) in [6.45, 7) is 0.940. The number of carbonyl (C=O) groups is 1. The van der Waals surface area contributed by atoms with Gasteiger partial charge < -0.3 is 14.6 Å². The number of fused-ring (bicyclic) bond motifs is 3. The Morgan fingerprint density at radius 1 is 1.42 bits per heavy atom. The lowest BCUT2D eigenvalue weighted by molar-refractivity contribution is 0.104. The van der Waals surface area contributed by atoms with E-state index in [1.54, 1.807) is 6.20 Å². The number of carbonyl (C=O) groups excluding carboxylic acids is 1. The number of aromatic nitrogens is 2. The summed E-state index contributed by atoms with van der Waals surface area (Å²) in [6, 6.07) is 4.41. The number of halogens is 3. The van der Waals surface area contributed by atoms with Crippen molar-refractivity contribution in [3.63, 3.8) is 0 Å². The van der Waals surface area contributed by atoms with Crippen molar-refractivity contribution in [3.05, 3.63) is 28.9 Å².